The van der Waals surface area contributed by atoms with Crippen molar-refractivity contribution in [3.05, 3.63) is 54.6 Å². The minimum atomic E-state index is -5.08. The minimum absolute atomic E-state index is 0.168. The van der Waals surface area contributed by atoms with Crippen LogP contribution in [-0.4, -0.2) is 56.0 Å². The van der Waals surface area contributed by atoms with E-state index in [1.165, 1.54) is 0 Å². The van der Waals surface area contributed by atoms with Gasteiger partial charge in [-0.3, -0.25) is 14.9 Å². The van der Waals surface area contributed by atoms with Gasteiger partial charge in [-0.05, 0) is 24.3 Å². The Hall–Kier alpha value is -4.16. The lowest BCUT2D eigenvalue weighted by molar-refractivity contribution is -0.192. The van der Waals surface area contributed by atoms with Crippen LogP contribution in [0.1, 0.15) is 5.82 Å². The van der Waals surface area contributed by atoms with E-state index in [-0.39, 0.29) is 19.1 Å². The lowest BCUT2D eigenvalue weighted by Crippen LogP contribution is -2.43. The number of amides is 1. The number of aliphatic carboxylic acids is 1. The van der Waals surface area contributed by atoms with Crippen LogP contribution >= 0.6 is 0 Å². The summed E-state index contributed by atoms with van der Waals surface area (Å²) in [6.07, 6.45) is -2.44. The number of carboxylic acid groups (broad SMARTS) is 1. The van der Waals surface area contributed by atoms with Gasteiger partial charge in [0.15, 0.2) is 17.3 Å². The Labute approximate surface area is 178 Å². The van der Waals surface area contributed by atoms with E-state index < -0.39 is 18.2 Å². The molecule has 0 saturated carbocycles. The molecule has 13 heteroatoms. The molecule has 1 amide bonds. The van der Waals surface area contributed by atoms with Crippen molar-refractivity contribution in [2.24, 2.45) is 0 Å². The second-order valence-electron chi connectivity index (χ2n) is 6.23. The molecule has 3 aromatic rings. The van der Waals surface area contributed by atoms with Gasteiger partial charge in [-0.2, -0.15) is 18.3 Å². The van der Waals surface area contributed by atoms with Gasteiger partial charge in [-0.25, -0.2) is 9.78 Å². The monoisotopic (exact) mass is 451 g/mol. The van der Waals surface area contributed by atoms with Gasteiger partial charge in [0.2, 0.25) is 6.10 Å². The van der Waals surface area contributed by atoms with Gasteiger partial charge in [0, 0.05) is 18.0 Å². The average molecular weight is 451 g/mol. The third-order valence-electron chi connectivity index (χ3n) is 3.94. The highest BCUT2D eigenvalue weighted by Crippen LogP contribution is 2.30. The normalized spacial score (nSPS) is 14.7. The van der Waals surface area contributed by atoms with Crippen molar-refractivity contribution in [2.75, 3.05) is 6.61 Å². The highest BCUT2D eigenvalue weighted by Gasteiger charge is 2.38. The standard InChI is InChI=1S/C17H15N5O3.C2HF3O2/c23-17(14-10-24-12-3-1-2-4-13(12)25-14)19-9-15-20-16(22-21-15)11-5-7-18-8-6-11;3-2(4,5)1(6)7/h1-8,14H,9-10H2,(H,19,23)(H,20,21,22);(H,6,7). The Morgan fingerprint density at radius 3 is 2.47 bits per heavy atom. The first-order chi connectivity index (χ1) is 15.2. The molecule has 1 aliphatic heterocycles. The summed E-state index contributed by atoms with van der Waals surface area (Å²) in [5, 5.41) is 16.8. The maximum atomic E-state index is 12.3. The van der Waals surface area contributed by atoms with Gasteiger partial charge in [0.25, 0.3) is 5.91 Å². The molecule has 0 saturated heterocycles. The highest BCUT2D eigenvalue weighted by atomic mass is 19.4. The summed E-state index contributed by atoms with van der Waals surface area (Å²) in [6, 6.07) is 10.9. The van der Waals surface area contributed by atoms with E-state index in [2.05, 4.69) is 25.5 Å². The number of nitrogens with one attached hydrogen (secondary N) is 2. The molecule has 4 rings (SSSR count). The van der Waals surface area contributed by atoms with Crippen molar-refractivity contribution in [2.45, 2.75) is 18.8 Å². The second kappa shape index (κ2) is 9.76. The number of benzene rings is 1. The van der Waals surface area contributed by atoms with E-state index >= 15 is 0 Å². The third-order valence-corrected chi connectivity index (χ3v) is 3.94. The number of nitrogens with zero attached hydrogens (tertiary/aromatic N) is 3. The van der Waals surface area contributed by atoms with Crippen molar-refractivity contribution >= 4 is 11.9 Å². The summed E-state index contributed by atoms with van der Waals surface area (Å²) >= 11 is 0. The van der Waals surface area contributed by atoms with Gasteiger partial charge in [0.05, 0.1) is 6.54 Å². The molecule has 0 fully saturated rings. The number of hydrogen-bond donors (Lipinski definition) is 3. The molecule has 3 N–H and O–H groups in total. The number of fused-ring (bicyclic) bond motifs is 1. The summed E-state index contributed by atoms with van der Waals surface area (Å²) in [6.45, 7) is 0.389. The van der Waals surface area contributed by atoms with Crippen LogP contribution in [0.2, 0.25) is 0 Å². The lowest BCUT2D eigenvalue weighted by atomic mass is 10.2. The molecule has 3 heterocycles. The van der Waals surface area contributed by atoms with Crippen LogP contribution in [0.5, 0.6) is 11.5 Å². The topological polar surface area (TPSA) is 139 Å². The molecule has 1 aliphatic rings. The van der Waals surface area contributed by atoms with Crippen molar-refractivity contribution < 1.29 is 37.3 Å². The lowest BCUT2D eigenvalue weighted by Gasteiger charge is -2.25. The fourth-order valence-corrected chi connectivity index (χ4v) is 2.44. The van der Waals surface area contributed by atoms with Gasteiger partial charge < -0.3 is 19.9 Å². The van der Waals surface area contributed by atoms with Crippen LogP contribution in [0, 0.1) is 0 Å². The number of hydrogen-bond acceptors (Lipinski definition) is 7. The number of aromatic nitrogens is 4. The van der Waals surface area contributed by atoms with Crippen LogP contribution in [0.4, 0.5) is 13.2 Å². The van der Waals surface area contributed by atoms with Crippen molar-refractivity contribution in [1.82, 2.24) is 25.5 Å². The number of alkyl halides is 3. The second-order valence-corrected chi connectivity index (χ2v) is 6.23. The number of rotatable bonds is 4. The van der Waals surface area contributed by atoms with Crippen LogP contribution in [-0.2, 0) is 16.1 Å². The maximum Gasteiger partial charge on any atom is 0.490 e. The number of H-pyrrole nitrogens is 1. The molecule has 10 nitrogen and oxygen atoms in total. The molecule has 0 bridgehead atoms. The maximum absolute atomic E-state index is 12.3. The number of para-hydroxylation sites is 2. The minimum Gasteiger partial charge on any atom is -0.485 e. The largest absolute Gasteiger partial charge is 0.490 e. The van der Waals surface area contributed by atoms with E-state index in [9.17, 15) is 18.0 Å². The molecule has 1 atom stereocenters. The van der Waals surface area contributed by atoms with Gasteiger partial charge in [-0.15, -0.1) is 0 Å². The van der Waals surface area contributed by atoms with E-state index in [1.54, 1.807) is 24.5 Å². The number of pyridine rings is 1. The van der Waals surface area contributed by atoms with E-state index in [0.717, 1.165) is 5.56 Å². The quantitative estimate of drug-likeness (QED) is 0.547. The Kier molecular flexibility index (Phi) is 6.87. The number of carboxylic acids is 1. The smallest absolute Gasteiger partial charge is 0.485 e. The van der Waals surface area contributed by atoms with Gasteiger partial charge >= 0.3 is 12.1 Å². The molecule has 1 aromatic carbocycles. The van der Waals surface area contributed by atoms with E-state index in [0.29, 0.717) is 23.1 Å². The predicted molar refractivity (Wildman–Crippen MR) is 102 cm³/mol. The molecule has 168 valence electrons. The number of carbonyl (C=O) groups excluding carboxylic acids is 1. The highest BCUT2D eigenvalue weighted by molar-refractivity contribution is 5.81. The number of aromatic amines is 1. The van der Waals surface area contributed by atoms with Crippen LogP contribution in [0.15, 0.2) is 48.8 Å². The number of carbonyl (C=O) groups is 2. The van der Waals surface area contributed by atoms with Crippen molar-refractivity contribution in [3.63, 3.8) is 0 Å². The van der Waals surface area contributed by atoms with Crippen molar-refractivity contribution in [3.8, 4) is 22.9 Å². The van der Waals surface area contributed by atoms with Crippen LogP contribution < -0.4 is 14.8 Å². The number of halogens is 3. The molecule has 1 unspecified atom stereocenters. The molecule has 2 aromatic heterocycles. The SMILES string of the molecule is O=C(NCc1nc(-c2ccncc2)n[nH]1)C1COc2ccccc2O1.O=C(O)C(F)(F)F. The van der Waals surface area contributed by atoms with Crippen LogP contribution in [0.25, 0.3) is 11.4 Å². The molecular weight excluding hydrogens is 435 g/mol. The zero-order chi connectivity index (χ0) is 23.1. The molecule has 0 aliphatic carbocycles. The van der Waals surface area contributed by atoms with Gasteiger partial charge in [-0.1, -0.05) is 12.1 Å². The first-order valence-corrected chi connectivity index (χ1v) is 9.02. The predicted octanol–water partition coefficient (Wildman–Crippen LogP) is 1.96. The number of ether oxygens (including phenoxy) is 2. The Balaban J connectivity index is 0.000000360. The van der Waals surface area contributed by atoms with E-state index in [1.807, 2.05) is 24.3 Å². The summed E-state index contributed by atoms with van der Waals surface area (Å²) in [7, 11) is 0. The van der Waals surface area contributed by atoms with Crippen molar-refractivity contribution in [1.29, 1.82) is 0 Å². The molecule has 32 heavy (non-hydrogen) atoms. The summed E-state index contributed by atoms with van der Waals surface area (Å²) in [5.41, 5.74) is 0.851. The summed E-state index contributed by atoms with van der Waals surface area (Å²) in [5.74, 6) is -0.712. The zero-order valence-electron chi connectivity index (χ0n) is 16.2. The van der Waals surface area contributed by atoms with Crippen LogP contribution in [0.3, 0.4) is 0 Å². The Bertz CT molecular complexity index is 1070. The Morgan fingerprint density at radius 1 is 1.16 bits per heavy atom. The van der Waals surface area contributed by atoms with E-state index in [4.69, 9.17) is 19.4 Å². The van der Waals surface area contributed by atoms with Gasteiger partial charge in [0.1, 0.15) is 12.4 Å². The summed E-state index contributed by atoms with van der Waals surface area (Å²) in [4.78, 5) is 29.5. The first kappa shape index (κ1) is 22.5. The third kappa shape index (κ3) is 5.93. The first-order valence-electron chi connectivity index (χ1n) is 9.02. The molecule has 0 radical (unpaired) electrons. The fraction of sp³-hybridized carbons (Fsp3) is 0.211. The zero-order valence-corrected chi connectivity index (χ0v) is 16.2. The fourth-order valence-electron chi connectivity index (χ4n) is 2.44. The molecular formula is C19H16F3N5O5. The average Bonchev–Trinajstić information content (AvgIpc) is 3.26. The molecule has 0 spiro atoms. The Morgan fingerprint density at radius 2 is 1.81 bits per heavy atom. The summed E-state index contributed by atoms with van der Waals surface area (Å²) < 4.78 is 42.9.